The number of nitrogens with zero attached hydrogens (tertiary/aromatic N) is 1. The Morgan fingerprint density at radius 2 is 2.14 bits per heavy atom. The van der Waals surface area contributed by atoms with E-state index in [0.29, 0.717) is 6.04 Å². The van der Waals surface area contributed by atoms with E-state index in [1.807, 2.05) is 7.05 Å². The van der Waals surface area contributed by atoms with Gasteiger partial charge in [0.2, 0.25) is 0 Å². The van der Waals surface area contributed by atoms with Crippen molar-refractivity contribution in [2.45, 2.75) is 56.3 Å². The zero-order valence-electron chi connectivity index (χ0n) is 12.7. The molecule has 1 saturated carbocycles. The topological polar surface area (TPSA) is 24.5 Å². The fraction of sp³-hybridized carbons (Fsp3) is 0.647. The van der Waals surface area contributed by atoms with Crippen molar-refractivity contribution >= 4 is 0 Å². The molecule has 3 nitrogen and oxygen atoms in total. The molecule has 3 aliphatic rings. The molecule has 1 aliphatic carbocycles. The lowest BCUT2D eigenvalue weighted by atomic mass is 9.85. The van der Waals surface area contributed by atoms with Crippen molar-refractivity contribution in [2.75, 3.05) is 13.6 Å². The molecule has 21 heavy (non-hydrogen) atoms. The number of rotatable bonds is 2. The number of hydrogen-bond acceptors (Lipinski definition) is 3. The molecular formula is C17H23FN2O. The zero-order chi connectivity index (χ0) is 14.6. The number of nitrogens with one attached hydrogen (secondary N) is 1. The van der Waals surface area contributed by atoms with E-state index in [1.165, 1.54) is 18.9 Å². The van der Waals surface area contributed by atoms with E-state index in [4.69, 9.17) is 4.74 Å². The highest BCUT2D eigenvalue weighted by Crippen LogP contribution is 2.47. The van der Waals surface area contributed by atoms with Crippen LogP contribution in [0.3, 0.4) is 0 Å². The Hall–Kier alpha value is -1.13. The molecule has 0 aromatic heterocycles. The normalized spacial score (nSPS) is 35.8. The highest BCUT2D eigenvalue weighted by Gasteiger charge is 2.51. The lowest BCUT2D eigenvalue weighted by Crippen LogP contribution is -2.46. The number of fused-ring (bicyclic) bond motifs is 1. The SMILES string of the molecule is CNC1CC2(CC(C)N(C3CC3)C2)Oc2ccc(F)cc21. The Bertz CT molecular complexity index is 560. The van der Waals surface area contributed by atoms with Gasteiger partial charge in [0.05, 0.1) is 0 Å². The van der Waals surface area contributed by atoms with E-state index in [1.54, 1.807) is 12.1 Å². The molecule has 2 heterocycles. The van der Waals surface area contributed by atoms with Gasteiger partial charge in [-0.2, -0.15) is 0 Å². The van der Waals surface area contributed by atoms with Gasteiger partial charge in [0.25, 0.3) is 0 Å². The monoisotopic (exact) mass is 290 g/mol. The fourth-order valence-corrected chi connectivity index (χ4v) is 4.22. The quantitative estimate of drug-likeness (QED) is 0.906. The minimum atomic E-state index is -0.187. The lowest BCUT2D eigenvalue weighted by Gasteiger charge is -2.40. The third-order valence-corrected chi connectivity index (χ3v) is 5.32. The maximum atomic E-state index is 13.5. The molecule has 1 aromatic carbocycles. The van der Waals surface area contributed by atoms with Gasteiger partial charge in [0.15, 0.2) is 0 Å². The highest BCUT2D eigenvalue weighted by atomic mass is 19.1. The predicted octanol–water partition coefficient (Wildman–Crippen LogP) is 2.86. The molecule has 4 heteroatoms. The first-order valence-electron chi connectivity index (χ1n) is 8.02. The molecule has 0 radical (unpaired) electrons. The van der Waals surface area contributed by atoms with Crippen molar-refractivity contribution in [3.05, 3.63) is 29.6 Å². The minimum Gasteiger partial charge on any atom is -0.485 e. The second-order valence-corrected chi connectivity index (χ2v) is 6.97. The molecule has 1 N–H and O–H groups in total. The number of hydrogen-bond donors (Lipinski definition) is 1. The van der Waals surface area contributed by atoms with Gasteiger partial charge in [0, 0.05) is 43.1 Å². The molecule has 114 valence electrons. The van der Waals surface area contributed by atoms with Crippen molar-refractivity contribution in [2.24, 2.45) is 0 Å². The Balaban J connectivity index is 1.65. The molecule has 1 saturated heterocycles. The van der Waals surface area contributed by atoms with Crippen LogP contribution in [0.2, 0.25) is 0 Å². The molecule has 2 fully saturated rings. The van der Waals surface area contributed by atoms with Gasteiger partial charge in [0.1, 0.15) is 17.2 Å². The minimum absolute atomic E-state index is 0.111. The predicted molar refractivity (Wildman–Crippen MR) is 80.0 cm³/mol. The van der Waals surface area contributed by atoms with Crippen molar-refractivity contribution in [1.29, 1.82) is 0 Å². The fourth-order valence-electron chi connectivity index (χ4n) is 4.22. The molecule has 0 amide bonds. The third-order valence-electron chi connectivity index (χ3n) is 5.32. The molecule has 2 aliphatic heterocycles. The molecular weight excluding hydrogens is 267 g/mol. The van der Waals surface area contributed by atoms with Crippen LogP contribution < -0.4 is 10.1 Å². The average molecular weight is 290 g/mol. The number of benzene rings is 1. The van der Waals surface area contributed by atoms with Crippen LogP contribution >= 0.6 is 0 Å². The Kier molecular flexibility index (Phi) is 3.02. The van der Waals surface area contributed by atoms with Crippen molar-refractivity contribution < 1.29 is 9.13 Å². The maximum Gasteiger partial charge on any atom is 0.125 e. The number of ether oxygens (including phenoxy) is 1. The van der Waals surface area contributed by atoms with Crippen LogP contribution in [0.5, 0.6) is 5.75 Å². The van der Waals surface area contributed by atoms with E-state index in [2.05, 4.69) is 17.1 Å². The van der Waals surface area contributed by atoms with Crippen LogP contribution in [0.25, 0.3) is 0 Å². The summed E-state index contributed by atoms with van der Waals surface area (Å²) in [5, 5.41) is 3.35. The molecule has 1 aromatic rings. The number of likely N-dealkylation sites (tertiary alicyclic amines) is 1. The Morgan fingerprint density at radius 3 is 2.86 bits per heavy atom. The van der Waals surface area contributed by atoms with Gasteiger partial charge in [-0.05, 0) is 45.0 Å². The Morgan fingerprint density at radius 1 is 1.33 bits per heavy atom. The summed E-state index contributed by atoms with van der Waals surface area (Å²) in [6.45, 7) is 3.32. The van der Waals surface area contributed by atoms with Gasteiger partial charge >= 0.3 is 0 Å². The average Bonchev–Trinajstić information content (AvgIpc) is 3.25. The van der Waals surface area contributed by atoms with Crippen LogP contribution in [0.1, 0.15) is 44.2 Å². The van der Waals surface area contributed by atoms with E-state index in [9.17, 15) is 4.39 Å². The summed E-state index contributed by atoms with van der Waals surface area (Å²) < 4.78 is 19.9. The molecule has 3 atom stereocenters. The van der Waals surface area contributed by atoms with Gasteiger partial charge in [-0.3, -0.25) is 4.90 Å². The first-order chi connectivity index (χ1) is 10.1. The standard InChI is InChI=1S/C17H23FN2O/c1-11-8-17(10-20(11)13-4-5-13)9-15(19-2)14-7-12(18)3-6-16(14)21-17/h3,6-7,11,13,15,19H,4-5,8-10H2,1-2H3. The van der Waals surface area contributed by atoms with E-state index in [-0.39, 0.29) is 17.5 Å². The summed E-state index contributed by atoms with van der Waals surface area (Å²) in [6, 6.07) is 6.43. The second kappa shape index (κ2) is 4.68. The van der Waals surface area contributed by atoms with Gasteiger partial charge in [-0.25, -0.2) is 4.39 Å². The first kappa shape index (κ1) is 13.5. The zero-order valence-corrected chi connectivity index (χ0v) is 12.7. The summed E-state index contributed by atoms with van der Waals surface area (Å²) in [5.41, 5.74) is 0.848. The van der Waals surface area contributed by atoms with Crippen LogP contribution in [0.15, 0.2) is 18.2 Å². The Labute approximate surface area is 125 Å². The summed E-state index contributed by atoms with van der Waals surface area (Å²) in [6.07, 6.45) is 4.65. The maximum absolute atomic E-state index is 13.5. The largest absolute Gasteiger partial charge is 0.485 e. The summed E-state index contributed by atoms with van der Waals surface area (Å²) >= 11 is 0. The lowest BCUT2D eigenvalue weighted by molar-refractivity contribution is 0.0386. The van der Waals surface area contributed by atoms with E-state index >= 15 is 0 Å². The highest BCUT2D eigenvalue weighted by molar-refractivity contribution is 5.40. The van der Waals surface area contributed by atoms with Crippen LogP contribution in [-0.2, 0) is 0 Å². The van der Waals surface area contributed by atoms with Crippen LogP contribution in [0.4, 0.5) is 4.39 Å². The second-order valence-electron chi connectivity index (χ2n) is 6.97. The smallest absolute Gasteiger partial charge is 0.125 e. The van der Waals surface area contributed by atoms with Gasteiger partial charge in [-0.1, -0.05) is 0 Å². The van der Waals surface area contributed by atoms with Gasteiger partial charge < -0.3 is 10.1 Å². The van der Waals surface area contributed by atoms with E-state index in [0.717, 1.165) is 36.7 Å². The van der Waals surface area contributed by atoms with E-state index < -0.39 is 0 Å². The molecule has 3 unspecified atom stereocenters. The molecule has 1 spiro atoms. The van der Waals surface area contributed by atoms with Crippen molar-refractivity contribution in [1.82, 2.24) is 10.2 Å². The molecule has 0 bridgehead atoms. The van der Waals surface area contributed by atoms with Crippen LogP contribution in [-0.4, -0.2) is 36.2 Å². The van der Waals surface area contributed by atoms with Crippen molar-refractivity contribution in [3.8, 4) is 5.75 Å². The number of halogens is 1. The summed E-state index contributed by atoms with van der Waals surface area (Å²) in [7, 11) is 1.95. The van der Waals surface area contributed by atoms with Crippen LogP contribution in [0, 0.1) is 5.82 Å². The molecule has 4 rings (SSSR count). The first-order valence-corrected chi connectivity index (χ1v) is 8.02. The third kappa shape index (κ3) is 2.25. The summed E-state index contributed by atoms with van der Waals surface area (Å²) in [5.74, 6) is 0.666. The van der Waals surface area contributed by atoms with Crippen molar-refractivity contribution in [3.63, 3.8) is 0 Å². The van der Waals surface area contributed by atoms with Gasteiger partial charge in [-0.15, -0.1) is 0 Å². The summed E-state index contributed by atoms with van der Waals surface area (Å²) in [4.78, 5) is 2.61.